The van der Waals surface area contributed by atoms with E-state index in [-0.39, 0.29) is 29.5 Å². The fourth-order valence-electron chi connectivity index (χ4n) is 3.54. The lowest BCUT2D eigenvalue weighted by atomic mass is 9.79. The Balaban J connectivity index is 1.78. The van der Waals surface area contributed by atoms with Crippen LogP contribution in [0.15, 0.2) is 21.4 Å². The van der Waals surface area contributed by atoms with Gasteiger partial charge in [-0.25, -0.2) is 9.78 Å². The summed E-state index contributed by atoms with van der Waals surface area (Å²) in [5.41, 5.74) is 0.338. The molecule has 1 saturated heterocycles. The number of aromatic nitrogens is 1. The predicted molar refractivity (Wildman–Crippen MR) is 106 cm³/mol. The third kappa shape index (κ3) is 3.36. The molecule has 8 nitrogen and oxygen atoms in total. The van der Waals surface area contributed by atoms with Gasteiger partial charge in [0.2, 0.25) is 5.91 Å². The van der Waals surface area contributed by atoms with Crippen LogP contribution in [-0.4, -0.2) is 69.0 Å². The first kappa shape index (κ1) is 20.6. The average Bonchev–Trinajstić information content (AvgIpc) is 3.16. The van der Waals surface area contributed by atoms with E-state index in [9.17, 15) is 24.6 Å². The van der Waals surface area contributed by atoms with Crippen molar-refractivity contribution in [2.45, 2.75) is 26.0 Å². The Morgan fingerprint density at radius 1 is 1.43 bits per heavy atom. The fourth-order valence-corrected chi connectivity index (χ4v) is 5.30. The number of thioether (sulfide) groups is 1. The monoisotopic (exact) mass is 423 g/mol. The third-order valence-corrected chi connectivity index (χ3v) is 6.77. The van der Waals surface area contributed by atoms with Crippen molar-refractivity contribution in [2.24, 2.45) is 11.8 Å². The molecule has 150 valence electrons. The van der Waals surface area contributed by atoms with Gasteiger partial charge in [-0.3, -0.25) is 9.59 Å². The fraction of sp³-hybridized carbons (Fsp3) is 0.444. The summed E-state index contributed by atoms with van der Waals surface area (Å²) in [6.45, 7) is 3.41. The highest BCUT2D eigenvalue weighted by Crippen LogP contribution is 2.50. The minimum atomic E-state index is -1.16. The second kappa shape index (κ2) is 7.69. The summed E-state index contributed by atoms with van der Waals surface area (Å²) in [6.07, 6.45) is 0.888. The number of carbonyl (C=O) groups is 3. The summed E-state index contributed by atoms with van der Waals surface area (Å²) in [6, 6.07) is -0.335. The van der Waals surface area contributed by atoms with Crippen LogP contribution >= 0.6 is 23.1 Å². The molecule has 1 fully saturated rings. The number of aliphatic hydroxyl groups is 1. The van der Waals surface area contributed by atoms with Gasteiger partial charge in [0, 0.05) is 30.3 Å². The van der Waals surface area contributed by atoms with Crippen LogP contribution in [0.2, 0.25) is 0 Å². The molecule has 0 saturated carbocycles. The maximum Gasteiger partial charge on any atom is 0.353 e. The quantitative estimate of drug-likeness (QED) is 0.670. The van der Waals surface area contributed by atoms with Crippen molar-refractivity contribution in [1.82, 2.24) is 14.8 Å². The van der Waals surface area contributed by atoms with Gasteiger partial charge in [-0.2, -0.15) is 0 Å². The molecule has 0 bridgehead atoms. The van der Waals surface area contributed by atoms with Gasteiger partial charge >= 0.3 is 5.97 Å². The second-order valence-electron chi connectivity index (χ2n) is 6.96. The topological polar surface area (TPSA) is 111 Å². The molecule has 0 unspecified atom stereocenters. The van der Waals surface area contributed by atoms with Crippen LogP contribution in [0.5, 0.6) is 0 Å². The van der Waals surface area contributed by atoms with E-state index in [1.807, 2.05) is 6.92 Å². The number of β-lactam (4-membered cyclic amide) rings is 1. The molecule has 0 spiro atoms. The average molecular weight is 424 g/mol. The molecule has 2 aliphatic heterocycles. The molecule has 4 atom stereocenters. The smallest absolute Gasteiger partial charge is 0.353 e. The Bertz CT molecular complexity index is 890. The van der Waals surface area contributed by atoms with Crippen LogP contribution in [0.3, 0.4) is 0 Å². The summed E-state index contributed by atoms with van der Waals surface area (Å²) in [4.78, 5) is 43.5. The lowest BCUT2D eigenvalue weighted by molar-refractivity contribution is -0.163. The van der Waals surface area contributed by atoms with E-state index in [1.165, 1.54) is 32.9 Å². The number of hydrogen-bond donors (Lipinski definition) is 2. The van der Waals surface area contributed by atoms with E-state index in [2.05, 4.69) is 4.98 Å². The first-order valence-corrected chi connectivity index (χ1v) is 10.4. The van der Waals surface area contributed by atoms with Crippen LogP contribution < -0.4 is 0 Å². The Morgan fingerprint density at radius 2 is 2.11 bits per heavy atom. The van der Waals surface area contributed by atoms with Gasteiger partial charge in [0.1, 0.15) is 16.4 Å². The van der Waals surface area contributed by atoms with Crippen LogP contribution in [0.1, 0.15) is 29.3 Å². The molecule has 0 aromatic carbocycles. The number of carboxylic acids is 1. The lowest BCUT2D eigenvalue weighted by Crippen LogP contribution is -2.63. The largest absolute Gasteiger partial charge is 0.477 e. The van der Waals surface area contributed by atoms with Gasteiger partial charge in [0.05, 0.1) is 18.1 Å². The van der Waals surface area contributed by atoms with E-state index in [0.717, 1.165) is 0 Å². The van der Waals surface area contributed by atoms with E-state index < -0.39 is 18.0 Å². The molecule has 10 heteroatoms. The zero-order valence-electron chi connectivity index (χ0n) is 15.8. The van der Waals surface area contributed by atoms with Crippen LogP contribution in [-0.2, 0) is 9.59 Å². The van der Waals surface area contributed by atoms with Gasteiger partial charge in [-0.1, -0.05) is 18.7 Å². The molecular formula is C18H21N3O5S2. The maximum absolute atomic E-state index is 12.3. The minimum Gasteiger partial charge on any atom is -0.477 e. The van der Waals surface area contributed by atoms with E-state index in [4.69, 9.17) is 0 Å². The van der Waals surface area contributed by atoms with Crippen LogP contribution in [0.25, 0.3) is 6.08 Å². The van der Waals surface area contributed by atoms with Gasteiger partial charge in [0.25, 0.3) is 5.91 Å². The number of carboxylic acid groups (broad SMARTS) is 1. The number of thiazole rings is 1. The number of carbonyl (C=O) groups excluding carboxylic acids is 2. The van der Waals surface area contributed by atoms with Gasteiger partial charge in [-0.05, 0) is 18.4 Å². The Labute approximate surface area is 170 Å². The Kier molecular flexibility index (Phi) is 5.64. The van der Waals surface area contributed by atoms with Crippen molar-refractivity contribution in [3.63, 3.8) is 0 Å². The molecule has 2 amide bonds. The van der Waals surface area contributed by atoms with Crippen molar-refractivity contribution >= 4 is 47.0 Å². The highest BCUT2D eigenvalue weighted by molar-refractivity contribution is 8.06. The first-order chi connectivity index (χ1) is 13.1. The molecule has 3 rings (SSSR count). The molecule has 0 radical (unpaired) electrons. The number of aliphatic hydroxyl groups excluding tert-OH is 1. The number of aliphatic carboxylic acids is 1. The normalized spacial score (nSPS) is 25.1. The summed E-state index contributed by atoms with van der Waals surface area (Å²) >= 11 is 2.54. The maximum atomic E-state index is 12.3. The van der Waals surface area contributed by atoms with Crippen LogP contribution in [0, 0.1) is 11.8 Å². The lowest BCUT2D eigenvalue weighted by Gasteiger charge is -2.46. The molecule has 1 aromatic rings. The Hall–Kier alpha value is -2.17. The summed E-state index contributed by atoms with van der Waals surface area (Å²) < 4.78 is 0. The third-order valence-electron chi connectivity index (χ3n) is 4.86. The second-order valence-corrected chi connectivity index (χ2v) is 8.80. The summed E-state index contributed by atoms with van der Waals surface area (Å²) in [5, 5.41) is 23.5. The highest BCUT2D eigenvalue weighted by atomic mass is 32.2. The molecule has 2 aliphatic rings. The van der Waals surface area contributed by atoms with Crippen LogP contribution in [0.4, 0.5) is 0 Å². The van der Waals surface area contributed by atoms with Gasteiger partial charge in [0.15, 0.2) is 0 Å². The molecule has 0 aliphatic carbocycles. The van der Waals surface area contributed by atoms with Crippen molar-refractivity contribution in [3.8, 4) is 0 Å². The Morgan fingerprint density at radius 3 is 2.68 bits per heavy atom. The zero-order chi connectivity index (χ0) is 20.7. The first-order valence-electron chi connectivity index (χ1n) is 8.64. The standard InChI is InChI=1S/C18H21N3O5S2/c1-8-13-12(9(2)22)17(24)21(13)14(18(25)26)15(8)27-6-5-11-19-10(7-28-11)16(23)20(3)4/h5-9,12-13,22H,1-4H3,(H,25,26)/b6-5-/t8-,9-,12-,13-/m1/s1. The molecule has 2 N–H and O–H groups in total. The highest BCUT2D eigenvalue weighted by Gasteiger charge is 2.59. The molecule has 1 aromatic heterocycles. The minimum absolute atomic E-state index is 0.0170. The van der Waals surface area contributed by atoms with Crippen molar-refractivity contribution in [3.05, 3.63) is 32.1 Å². The molecule has 3 heterocycles. The van der Waals surface area contributed by atoms with Crippen molar-refractivity contribution < 1.29 is 24.6 Å². The van der Waals surface area contributed by atoms with Crippen molar-refractivity contribution in [2.75, 3.05) is 14.1 Å². The number of amides is 2. The van der Waals surface area contributed by atoms with Gasteiger partial charge in [-0.15, -0.1) is 11.3 Å². The molecule has 28 heavy (non-hydrogen) atoms. The summed E-state index contributed by atoms with van der Waals surface area (Å²) in [7, 11) is 3.31. The summed E-state index contributed by atoms with van der Waals surface area (Å²) in [5.74, 6) is -2.47. The van der Waals surface area contributed by atoms with E-state index in [0.29, 0.717) is 15.6 Å². The van der Waals surface area contributed by atoms with E-state index >= 15 is 0 Å². The number of nitrogens with zero attached hydrogens (tertiary/aromatic N) is 3. The zero-order valence-corrected chi connectivity index (χ0v) is 17.5. The van der Waals surface area contributed by atoms with E-state index in [1.54, 1.807) is 37.9 Å². The van der Waals surface area contributed by atoms with Crippen molar-refractivity contribution in [1.29, 1.82) is 0 Å². The van der Waals surface area contributed by atoms with Gasteiger partial charge < -0.3 is 20.0 Å². The number of rotatable bonds is 6. The number of hydrogen-bond acceptors (Lipinski definition) is 7. The number of fused-ring (bicyclic) bond motifs is 1. The molecular weight excluding hydrogens is 402 g/mol. The SMILES string of the molecule is C[C@@H](O)[C@H]1C(=O)N2C(C(=O)O)=C(S/C=C\c3nc(C(=O)N(C)C)cs3)[C@H](C)[C@H]12. The predicted octanol–water partition coefficient (Wildman–Crippen LogP) is 1.70.